The summed E-state index contributed by atoms with van der Waals surface area (Å²) >= 11 is 0. The molecule has 0 spiro atoms. The summed E-state index contributed by atoms with van der Waals surface area (Å²) in [4.78, 5) is 26.5. The average Bonchev–Trinajstić information content (AvgIpc) is 3.17. The molecule has 0 saturated heterocycles. The molecule has 1 unspecified atom stereocenters. The number of nitrogens with one attached hydrogen (secondary N) is 1. The van der Waals surface area contributed by atoms with Gasteiger partial charge in [0.25, 0.3) is 0 Å². The fourth-order valence-electron chi connectivity index (χ4n) is 1.74. The van der Waals surface area contributed by atoms with Crippen molar-refractivity contribution in [2.24, 2.45) is 0 Å². The number of urea groups is 1. The van der Waals surface area contributed by atoms with E-state index in [0.29, 0.717) is 12.6 Å². The van der Waals surface area contributed by atoms with Crippen LogP contribution >= 0.6 is 0 Å². The van der Waals surface area contributed by atoms with E-state index in [1.165, 1.54) is 38.6 Å². The molecular weight excluding hydrogens is 246 g/mol. The van der Waals surface area contributed by atoms with Gasteiger partial charge in [-0.1, -0.05) is 0 Å². The first-order chi connectivity index (χ1) is 8.67. The number of hydrogen-bond donors (Lipinski definition) is 2. The fourth-order valence-corrected chi connectivity index (χ4v) is 1.74. The number of carboxylic acid groups (broad SMARTS) is 1. The highest BCUT2D eigenvalue weighted by Gasteiger charge is 2.35. The van der Waals surface area contributed by atoms with Gasteiger partial charge in [-0.3, -0.25) is 4.90 Å². The zero-order valence-corrected chi connectivity index (χ0v) is 12.4. The van der Waals surface area contributed by atoms with Crippen LogP contribution in [0.25, 0.3) is 0 Å². The number of hydrogen-bond acceptors (Lipinski definition) is 3. The largest absolute Gasteiger partial charge is 0.480 e. The summed E-state index contributed by atoms with van der Waals surface area (Å²) in [7, 11) is 3.55. The third kappa shape index (κ3) is 3.83. The number of carbonyl (C=O) groups excluding carboxylic acids is 1. The monoisotopic (exact) mass is 271 g/mol. The third-order valence-electron chi connectivity index (χ3n) is 4.03. The lowest BCUT2D eigenvalue weighted by molar-refractivity contribution is -0.146. The average molecular weight is 271 g/mol. The number of aliphatic carboxylic acids is 1. The highest BCUT2D eigenvalue weighted by Crippen LogP contribution is 2.26. The predicted octanol–water partition coefficient (Wildman–Crippen LogP) is 0.974. The topological polar surface area (TPSA) is 72.9 Å². The molecule has 2 N–H and O–H groups in total. The molecule has 1 rings (SSSR count). The van der Waals surface area contributed by atoms with Crippen LogP contribution in [0.3, 0.4) is 0 Å². The van der Waals surface area contributed by atoms with Gasteiger partial charge in [0.1, 0.15) is 5.54 Å². The molecule has 1 atom stereocenters. The van der Waals surface area contributed by atoms with Crippen molar-refractivity contribution in [2.75, 3.05) is 20.6 Å². The van der Waals surface area contributed by atoms with Crippen LogP contribution in [0.4, 0.5) is 4.79 Å². The zero-order chi connectivity index (χ0) is 14.8. The zero-order valence-electron chi connectivity index (χ0n) is 12.4. The summed E-state index contributed by atoms with van der Waals surface area (Å²) in [5, 5.41) is 11.9. The van der Waals surface area contributed by atoms with Gasteiger partial charge in [0.15, 0.2) is 0 Å². The molecule has 19 heavy (non-hydrogen) atoms. The van der Waals surface area contributed by atoms with Crippen LogP contribution in [0.2, 0.25) is 0 Å². The van der Waals surface area contributed by atoms with E-state index in [1.807, 2.05) is 0 Å². The Labute approximate surface area is 114 Å². The molecule has 0 bridgehead atoms. The molecule has 1 fully saturated rings. The Morgan fingerprint density at radius 2 is 1.89 bits per heavy atom. The molecule has 1 saturated carbocycles. The van der Waals surface area contributed by atoms with Crippen LogP contribution in [-0.2, 0) is 4.79 Å². The second kappa shape index (κ2) is 5.77. The van der Waals surface area contributed by atoms with E-state index in [9.17, 15) is 9.59 Å². The van der Waals surface area contributed by atoms with Gasteiger partial charge in [-0.15, -0.1) is 0 Å². The molecule has 0 aromatic heterocycles. The molecule has 2 amide bonds. The summed E-state index contributed by atoms with van der Waals surface area (Å²) in [5.41, 5.74) is -1.21. The van der Waals surface area contributed by atoms with Gasteiger partial charge in [-0.05, 0) is 40.7 Å². The molecule has 6 nitrogen and oxygen atoms in total. The van der Waals surface area contributed by atoms with E-state index in [0.717, 1.165) is 0 Å². The molecule has 0 aromatic rings. The highest BCUT2D eigenvalue weighted by molar-refractivity contribution is 5.85. The van der Waals surface area contributed by atoms with Crippen LogP contribution in [0, 0.1) is 0 Å². The Morgan fingerprint density at radius 3 is 2.32 bits per heavy atom. The molecule has 6 heteroatoms. The van der Waals surface area contributed by atoms with Crippen LogP contribution in [0.1, 0.15) is 33.6 Å². The van der Waals surface area contributed by atoms with Crippen molar-refractivity contribution in [3.63, 3.8) is 0 Å². The predicted molar refractivity (Wildman–Crippen MR) is 73.1 cm³/mol. The lowest BCUT2D eigenvalue weighted by atomic mass is 10.1. The minimum Gasteiger partial charge on any atom is -0.480 e. The lowest BCUT2D eigenvalue weighted by Gasteiger charge is -2.32. The standard InChI is InChI=1S/C13H25N3O3/c1-9(15(4)10-6-7-10)8-14-12(19)16(5)13(2,3)11(17)18/h9-10H,6-8H2,1-5H3,(H,14,19)(H,17,18). The van der Waals surface area contributed by atoms with Gasteiger partial charge in [-0.2, -0.15) is 0 Å². The van der Waals surface area contributed by atoms with Crippen LogP contribution in [0.5, 0.6) is 0 Å². The SMILES string of the molecule is CC(CNC(=O)N(C)C(C)(C)C(=O)O)N(C)C1CC1. The lowest BCUT2D eigenvalue weighted by Crippen LogP contribution is -2.55. The molecule has 1 aliphatic rings. The van der Waals surface area contributed by atoms with Crippen LogP contribution in [0.15, 0.2) is 0 Å². The van der Waals surface area contributed by atoms with E-state index >= 15 is 0 Å². The molecule has 0 aromatic carbocycles. The first kappa shape index (κ1) is 15.8. The first-order valence-corrected chi connectivity index (χ1v) is 6.65. The Bertz CT molecular complexity index is 353. The van der Waals surface area contributed by atoms with Gasteiger partial charge in [0.05, 0.1) is 0 Å². The fraction of sp³-hybridized carbons (Fsp3) is 0.846. The molecular formula is C13H25N3O3. The maximum absolute atomic E-state index is 11.9. The minimum absolute atomic E-state index is 0.248. The molecule has 110 valence electrons. The molecule has 0 radical (unpaired) electrons. The van der Waals surface area contributed by atoms with Crippen LogP contribution in [-0.4, -0.2) is 65.2 Å². The Kier molecular flexibility index (Phi) is 4.79. The van der Waals surface area contributed by atoms with Crippen molar-refractivity contribution in [1.82, 2.24) is 15.1 Å². The van der Waals surface area contributed by atoms with Gasteiger partial charge >= 0.3 is 12.0 Å². The Balaban J connectivity index is 2.44. The summed E-state index contributed by atoms with van der Waals surface area (Å²) in [6.45, 7) is 5.59. The van der Waals surface area contributed by atoms with Gasteiger partial charge in [0, 0.05) is 25.7 Å². The van der Waals surface area contributed by atoms with E-state index in [4.69, 9.17) is 5.11 Å². The van der Waals surface area contributed by atoms with Crippen molar-refractivity contribution >= 4 is 12.0 Å². The smallest absolute Gasteiger partial charge is 0.329 e. The summed E-state index contributed by atoms with van der Waals surface area (Å²) in [6.07, 6.45) is 2.45. The molecule has 0 aliphatic heterocycles. The Morgan fingerprint density at radius 1 is 1.37 bits per heavy atom. The van der Waals surface area contributed by atoms with Gasteiger partial charge in [-0.25, -0.2) is 9.59 Å². The quantitative estimate of drug-likeness (QED) is 0.755. The third-order valence-corrected chi connectivity index (χ3v) is 4.03. The van der Waals surface area contributed by atoms with E-state index in [-0.39, 0.29) is 12.1 Å². The normalized spacial score (nSPS) is 17.2. The second-order valence-electron chi connectivity index (χ2n) is 5.85. The van der Waals surface area contributed by atoms with Crippen molar-refractivity contribution in [1.29, 1.82) is 0 Å². The summed E-state index contributed by atoms with van der Waals surface area (Å²) in [6, 6.07) is 0.529. The summed E-state index contributed by atoms with van der Waals surface area (Å²) < 4.78 is 0. The maximum atomic E-state index is 11.9. The maximum Gasteiger partial charge on any atom is 0.329 e. The highest BCUT2D eigenvalue weighted by atomic mass is 16.4. The van der Waals surface area contributed by atoms with Gasteiger partial charge < -0.3 is 15.3 Å². The van der Waals surface area contributed by atoms with Gasteiger partial charge in [0.2, 0.25) is 0 Å². The minimum atomic E-state index is -1.21. The number of nitrogens with zero attached hydrogens (tertiary/aromatic N) is 2. The van der Waals surface area contributed by atoms with Crippen molar-refractivity contribution in [3.05, 3.63) is 0 Å². The second-order valence-corrected chi connectivity index (χ2v) is 5.85. The number of carboxylic acids is 1. The molecule has 0 heterocycles. The van der Waals surface area contributed by atoms with Crippen molar-refractivity contribution < 1.29 is 14.7 Å². The van der Waals surface area contributed by atoms with Crippen LogP contribution < -0.4 is 5.32 Å². The number of likely N-dealkylation sites (N-methyl/N-ethyl adjacent to an activating group) is 2. The summed E-state index contributed by atoms with van der Waals surface area (Å²) in [5.74, 6) is -1.02. The number of rotatable bonds is 6. The van der Waals surface area contributed by atoms with Crippen molar-refractivity contribution in [3.8, 4) is 0 Å². The van der Waals surface area contributed by atoms with E-state index in [1.54, 1.807) is 0 Å². The Hall–Kier alpha value is -1.30. The number of carbonyl (C=O) groups is 2. The molecule has 1 aliphatic carbocycles. The van der Waals surface area contributed by atoms with E-state index in [2.05, 4.69) is 24.2 Å². The number of amides is 2. The van der Waals surface area contributed by atoms with Crippen molar-refractivity contribution in [2.45, 2.75) is 51.2 Å². The first-order valence-electron chi connectivity index (χ1n) is 6.65. The van der Waals surface area contributed by atoms with E-state index < -0.39 is 11.5 Å².